The third-order valence-electron chi connectivity index (χ3n) is 1.68. The number of unbranched alkanes of at least 4 members (excludes halogenated alkanes) is 1. The molecule has 86 valence electrons. The maximum Gasteiger partial charge on any atom is 0.306 e. The maximum atomic E-state index is 10.4. The zero-order valence-corrected chi connectivity index (χ0v) is 11.1. The molecule has 0 aliphatic carbocycles. The van der Waals surface area contributed by atoms with Gasteiger partial charge in [-0.3, -0.25) is 4.79 Å². The molecule has 0 aliphatic rings. The first kappa shape index (κ1) is 17.2. The van der Waals surface area contributed by atoms with Crippen LogP contribution in [0.1, 0.15) is 32.6 Å². The molecule has 0 spiro atoms. The standard InChI is InChI=1S/C8H13NO2.CH2S3/c1-2-7(8(10)11)5-3-4-6-9;2-1(3)4/h7H,2-5H2,1H3,(H,10,11);(H2,2,3,4). The second-order valence-electron chi connectivity index (χ2n) is 2.78. The maximum absolute atomic E-state index is 10.4. The van der Waals surface area contributed by atoms with Crippen molar-refractivity contribution in [3.05, 3.63) is 0 Å². The molecule has 0 heterocycles. The summed E-state index contributed by atoms with van der Waals surface area (Å²) < 4.78 is 0.389. The molecular weight excluding hydrogens is 250 g/mol. The van der Waals surface area contributed by atoms with Gasteiger partial charge >= 0.3 is 5.97 Å². The molecule has 0 fully saturated rings. The van der Waals surface area contributed by atoms with Crippen molar-refractivity contribution in [1.82, 2.24) is 0 Å². The molecular formula is C9H15NO2S3. The fourth-order valence-electron chi connectivity index (χ4n) is 0.930. The van der Waals surface area contributed by atoms with Crippen LogP contribution in [0.2, 0.25) is 0 Å². The molecule has 0 saturated heterocycles. The van der Waals surface area contributed by atoms with Crippen LogP contribution in [0.4, 0.5) is 0 Å². The fraction of sp³-hybridized carbons (Fsp3) is 0.667. The Kier molecular flexibility index (Phi) is 13.5. The van der Waals surface area contributed by atoms with Crippen LogP contribution in [-0.4, -0.2) is 14.6 Å². The van der Waals surface area contributed by atoms with Crippen LogP contribution < -0.4 is 0 Å². The summed E-state index contributed by atoms with van der Waals surface area (Å²) >= 11 is 11.4. The molecule has 0 aliphatic heterocycles. The van der Waals surface area contributed by atoms with Gasteiger partial charge in [-0.2, -0.15) is 5.26 Å². The van der Waals surface area contributed by atoms with Crippen LogP contribution in [0.15, 0.2) is 0 Å². The van der Waals surface area contributed by atoms with Gasteiger partial charge < -0.3 is 5.11 Å². The van der Waals surface area contributed by atoms with Crippen LogP contribution >= 0.6 is 37.5 Å². The highest BCUT2D eigenvalue weighted by Gasteiger charge is 2.13. The van der Waals surface area contributed by atoms with Crippen molar-refractivity contribution in [1.29, 1.82) is 5.26 Å². The molecule has 1 unspecified atom stereocenters. The molecule has 15 heavy (non-hydrogen) atoms. The smallest absolute Gasteiger partial charge is 0.306 e. The Hall–Kier alpha value is -0.250. The van der Waals surface area contributed by atoms with E-state index in [-0.39, 0.29) is 5.92 Å². The van der Waals surface area contributed by atoms with E-state index in [4.69, 9.17) is 10.4 Å². The lowest BCUT2D eigenvalue weighted by Crippen LogP contribution is -2.11. The Morgan fingerprint density at radius 2 is 2.07 bits per heavy atom. The number of hydrogen-bond acceptors (Lipinski definition) is 3. The van der Waals surface area contributed by atoms with E-state index in [1.807, 2.05) is 13.0 Å². The summed E-state index contributed by atoms with van der Waals surface area (Å²) in [5.74, 6) is -1.01. The van der Waals surface area contributed by atoms with Crippen molar-refractivity contribution in [2.45, 2.75) is 32.6 Å². The Morgan fingerprint density at radius 3 is 2.33 bits per heavy atom. The number of carboxylic acid groups (broad SMARTS) is 1. The first-order valence-electron chi connectivity index (χ1n) is 4.47. The van der Waals surface area contributed by atoms with Crippen LogP contribution in [-0.2, 0) is 4.79 Å². The molecule has 0 bridgehead atoms. The van der Waals surface area contributed by atoms with Gasteiger partial charge in [-0.1, -0.05) is 19.1 Å². The molecule has 0 aromatic rings. The number of aliphatic carboxylic acids is 1. The van der Waals surface area contributed by atoms with Gasteiger partial charge in [0.15, 0.2) is 0 Å². The lowest BCUT2D eigenvalue weighted by molar-refractivity contribution is -0.142. The van der Waals surface area contributed by atoms with Crippen molar-refractivity contribution in [3.63, 3.8) is 0 Å². The summed E-state index contributed by atoms with van der Waals surface area (Å²) in [7, 11) is 0. The first-order valence-corrected chi connectivity index (χ1v) is 5.77. The lowest BCUT2D eigenvalue weighted by Gasteiger charge is -2.06. The summed E-state index contributed by atoms with van der Waals surface area (Å²) in [5.41, 5.74) is 0. The summed E-state index contributed by atoms with van der Waals surface area (Å²) in [5, 5.41) is 16.8. The number of carbonyl (C=O) groups is 1. The second kappa shape index (κ2) is 11.8. The summed E-state index contributed by atoms with van der Waals surface area (Å²) in [4.78, 5) is 10.4. The van der Waals surface area contributed by atoms with Gasteiger partial charge in [-0.15, -0.1) is 25.3 Å². The molecule has 0 aromatic heterocycles. The van der Waals surface area contributed by atoms with E-state index in [0.717, 1.165) is 0 Å². The molecule has 0 radical (unpaired) electrons. The van der Waals surface area contributed by atoms with Gasteiger partial charge in [0.2, 0.25) is 0 Å². The van der Waals surface area contributed by atoms with Gasteiger partial charge in [0.1, 0.15) is 0 Å². The van der Waals surface area contributed by atoms with Crippen LogP contribution in [0.5, 0.6) is 0 Å². The van der Waals surface area contributed by atoms with Crippen molar-refractivity contribution < 1.29 is 9.90 Å². The normalized spacial score (nSPS) is 10.5. The highest BCUT2D eigenvalue weighted by molar-refractivity contribution is 8.34. The van der Waals surface area contributed by atoms with E-state index in [1.165, 1.54) is 0 Å². The number of rotatable bonds is 5. The number of nitriles is 1. The van der Waals surface area contributed by atoms with Crippen molar-refractivity contribution >= 4 is 47.0 Å². The average Bonchev–Trinajstić information content (AvgIpc) is 2.11. The molecule has 0 aromatic carbocycles. The SMILES string of the molecule is CCC(CCCC#N)C(=O)O.S=C(S)S. The van der Waals surface area contributed by atoms with E-state index < -0.39 is 5.97 Å². The summed E-state index contributed by atoms with van der Waals surface area (Å²) in [6, 6.07) is 1.99. The summed E-state index contributed by atoms with van der Waals surface area (Å²) in [6.45, 7) is 1.85. The minimum atomic E-state index is -0.745. The van der Waals surface area contributed by atoms with E-state index in [2.05, 4.69) is 37.5 Å². The number of hydrogen-bond donors (Lipinski definition) is 3. The molecule has 1 atom stereocenters. The molecule has 1 N–H and O–H groups in total. The second-order valence-corrected chi connectivity index (χ2v) is 5.04. The average molecular weight is 265 g/mol. The predicted octanol–water partition coefficient (Wildman–Crippen LogP) is 2.92. The lowest BCUT2D eigenvalue weighted by atomic mass is 10.00. The van der Waals surface area contributed by atoms with Crippen molar-refractivity contribution in [2.75, 3.05) is 0 Å². The highest BCUT2D eigenvalue weighted by Crippen LogP contribution is 2.11. The Morgan fingerprint density at radius 1 is 1.60 bits per heavy atom. The quantitative estimate of drug-likeness (QED) is 0.406. The van der Waals surface area contributed by atoms with Crippen molar-refractivity contribution in [3.8, 4) is 6.07 Å². The van der Waals surface area contributed by atoms with E-state index >= 15 is 0 Å². The Bertz CT molecular complexity index is 234. The predicted molar refractivity (Wildman–Crippen MR) is 71.5 cm³/mol. The van der Waals surface area contributed by atoms with Crippen LogP contribution in [0.25, 0.3) is 0 Å². The zero-order chi connectivity index (χ0) is 12.3. The van der Waals surface area contributed by atoms with Crippen LogP contribution in [0, 0.1) is 17.2 Å². The number of nitrogens with zero attached hydrogens (tertiary/aromatic N) is 1. The minimum Gasteiger partial charge on any atom is -0.481 e. The summed E-state index contributed by atoms with van der Waals surface area (Å²) in [6.07, 6.45) is 2.44. The van der Waals surface area contributed by atoms with Crippen molar-refractivity contribution in [2.24, 2.45) is 5.92 Å². The third-order valence-corrected chi connectivity index (χ3v) is 1.68. The number of thiol groups is 2. The van der Waals surface area contributed by atoms with Gasteiger partial charge in [-0.05, 0) is 19.3 Å². The molecule has 0 saturated carbocycles. The largest absolute Gasteiger partial charge is 0.481 e. The van der Waals surface area contributed by atoms with Gasteiger partial charge in [0.05, 0.1) is 15.5 Å². The zero-order valence-electron chi connectivity index (χ0n) is 8.51. The first-order chi connectivity index (χ1) is 6.95. The van der Waals surface area contributed by atoms with E-state index in [9.17, 15) is 4.79 Å². The monoisotopic (exact) mass is 265 g/mol. The Balaban J connectivity index is 0. The fourth-order valence-corrected chi connectivity index (χ4v) is 0.930. The van der Waals surface area contributed by atoms with Crippen LogP contribution in [0.3, 0.4) is 0 Å². The highest BCUT2D eigenvalue weighted by atomic mass is 32.2. The minimum absolute atomic E-state index is 0.261. The molecule has 0 amide bonds. The molecule has 6 heteroatoms. The number of thiocarbonyl (C=S) groups is 1. The topological polar surface area (TPSA) is 61.1 Å². The van der Waals surface area contributed by atoms with Gasteiger partial charge in [0, 0.05) is 6.42 Å². The Labute approximate surface area is 107 Å². The number of carboxylic acids is 1. The third kappa shape index (κ3) is 16.4. The van der Waals surface area contributed by atoms with E-state index in [1.54, 1.807) is 0 Å². The molecule has 3 nitrogen and oxygen atoms in total. The molecule has 0 rings (SSSR count). The van der Waals surface area contributed by atoms with Gasteiger partial charge in [0.25, 0.3) is 0 Å². The van der Waals surface area contributed by atoms with E-state index in [0.29, 0.717) is 29.2 Å². The van der Waals surface area contributed by atoms with Gasteiger partial charge in [-0.25, -0.2) is 0 Å².